The summed E-state index contributed by atoms with van der Waals surface area (Å²) in [5.74, 6) is 4.79. The van der Waals surface area contributed by atoms with E-state index in [-0.39, 0.29) is 31.0 Å². The lowest BCUT2D eigenvalue weighted by atomic mass is 10.1. The van der Waals surface area contributed by atoms with Gasteiger partial charge in [-0.05, 0) is 25.1 Å². The molecule has 0 radical (unpaired) electrons. The summed E-state index contributed by atoms with van der Waals surface area (Å²) in [6.07, 6.45) is 0. The molecule has 0 aliphatic rings. The van der Waals surface area contributed by atoms with Crippen LogP contribution in [0, 0.1) is 17.7 Å². The Hall–Kier alpha value is -1.46. The summed E-state index contributed by atoms with van der Waals surface area (Å²) < 4.78 is 44.3. The fraction of sp³-hybridized carbons (Fsp3) is 0.429. The molecular formula is C14H19FN2O3S. The average molecular weight is 314 g/mol. The second-order valence-electron chi connectivity index (χ2n) is 4.15. The molecule has 21 heavy (non-hydrogen) atoms. The summed E-state index contributed by atoms with van der Waals surface area (Å²) in [6, 6.07) is 4.28. The van der Waals surface area contributed by atoms with E-state index in [2.05, 4.69) is 16.6 Å². The SMILES string of the molecule is CCOCCS(=O)(=O)NCc1cc(C#CCN)ccc1F. The third kappa shape index (κ3) is 6.69. The van der Waals surface area contributed by atoms with Gasteiger partial charge in [-0.3, -0.25) is 0 Å². The number of halogens is 1. The number of nitrogens with one attached hydrogen (secondary N) is 1. The molecule has 1 rings (SSSR count). The number of rotatable bonds is 7. The van der Waals surface area contributed by atoms with Gasteiger partial charge in [0, 0.05) is 24.3 Å². The van der Waals surface area contributed by atoms with Crippen LogP contribution in [0.5, 0.6) is 0 Å². The number of benzene rings is 1. The maximum Gasteiger partial charge on any atom is 0.214 e. The largest absolute Gasteiger partial charge is 0.381 e. The van der Waals surface area contributed by atoms with Gasteiger partial charge in [-0.25, -0.2) is 17.5 Å². The average Bonchev–Trinajstić information content (AvgIpc) is 2.45. The van der Waals surface area contributed by atoms with Crippen LogP contribution in [-0.2, 0) is 21.3 Å². The lowest BCUT2D eigenvalue weighted by molar-refractivity contribution is 0.163. The lowest BCUT2D eigenvalue weighted by Gasteiger charge is -2.08. The molecule has 1 aromatic carbocycles. The second kappa shape index (κ2) is 8.74. The molecule has 0 atom stereocenters. The molecule has 0 saturated carbocycles. The minimum absolute atomic E-state index is 0.107. The highest BCUT2D eigenvalue weighted by atomic mass is 32.2. The number of hydrogen-bond donors (Lipinski definition) is 2. The number of ether oxygens (including phenoxy) is 1. The molecule has 0 aliphatic carbocycles. The molecule has 0 amide bonds. The molecular weight excluding hydrogens is 295 g/mol. The second-order valence-corrected chi connectivity index (χ2v) is 6.08. The highest BCUT2D eigenvalue weighted by Crippen LogP contribution is 2.10. The normalized spacial score (nSPS) is 11.0. The molecule has 3 N–H and O–H groups in total. The van der Waals surface area contributed by atoms with Crippen molar-refractivity contribution < 1.29 is 17.5 Å². The fourth-order valence-electron chi connectivity index (χ4n) is 1.51. The molecule has 7 heteroatoms. The highest BCUT2D eigenvalue weighted by Gasteiger charge is 2.11. The van der Waals surface area contributed by atoms with E-state index in [0.717, 1.165) is 0 Å². The Morgan fingerprint density at radius 2 is 2.19 bits per heavy atom. The zero-order chi connectivity index (χ0) is 15.7. The van der Waals surface area contributed by atoms with Crippen LogP contribution in [0.2, 0.25) is 0 Å². The van der Waals surface area contributed by atoms with Crippen molar-refractivity contribution in [3.05, 3.63) is 35.1 Å². The van der Waals surface area contributed by atoms with Crippen molar-refractivity contribution in [3.8, 4) is 11.8 Å². The Labute approximate surface area is 124 Å². The van der Waals surface area contributed by atoms with Gasteiger partial charge in [0.1, 0.15) is 5.82 Å². The molecule has 0 aromatic heterocycles. The molecule has 5 nitrogen and oxygen atoms in total. The van der Waals surface area contributed by atoms with Gasteiger partial charge in [0.2, 0.25) is 10.0 Å². The first kappa shape index (κ1) is 17.6. The van der Waals surface area contributed by atoms with E-state index in [1.54, 1.807) is 6.92 Å². The first-order chi connectivity index (χ1) is 9.98. The van der Waals surface area contributed by atoms with E-state index >= 15 is 0 Å². The molecule has 116 valence electrons. The Morgan fingerprint density at radius 3 is 2.86 bits per heavy atom. The zero-order valence-corrected chi connectivity index (χ0v) is 12.7. The van der Waals surface area contributed by atoms with Gasteiger partial charge in [0.15, 0.2) is 0 Å². The predicted molar refractivity (Wildman–Crippen MR) is 79.5 cm³/mol. The van der Waals surface area contributed by atoms with Crippen molar-refractivity contribution in [3.63, 3.8) is 0 Å². The lowest BCUT2D eigenvalue weighted by Crippen LogP contribution is -2.28. The first-order valence-electron chi connectivity index (χ1n) is 6.51. The van der Waals surface area contributed by atoms with Crippen LogP contribution in [0.1, 0.15) is 18.1 Å². The quantitative estimate of drug-likeness (QED) is 0.570. The third-order valence-corrected chi connectivity index (χ3v) is 3.85. The Bertz CT molecular complexity index is 621. The Morgan fingerprint density at radius 1 is 1.43 bits per heavy atom. The maximum absolute atomic E-state index is 13.6. The van der Waals surface area contributed by atoms with Crippen LogP contribution in [0.15, 0.2) is 18.2 Å². The Balaban J connectivity index is 2.70. The predicted octanol–water partition coefficient (Wildman–Crippen LogP) is 0.592. The van der Waals surface area contributed by atoms with Crippen molar-refractivity contribution in [2.45, 2.75) is 13.5 Å². The van der Waals surface area contributed by atoms with Gasteiger partial charge >= 0.3 is 0 Å². The summed E-state index contributed by atoms with van der Waals surface area (Å²) >= 11 is 0. The van der Waals surface area contributed by atoms with Gasteiger partial charge in [0.05, 0.1) is 18.9 Å². The van der Waals surface area contributed by atoms with Gasteiger partial charge in [-0.15, -0.1) is 0 Å². The standard InChI is InChI=1S/C14H19FN2O3S/c1-2-20-8-9-21(18,19)17-11-13-10-12(4-3-7-16)5-6-14(13)15/h5-6,10,17H,2,7-9,11,16H2,1H3. The molecule has 0 bridgehead atoms. The smallest absolute Gasteiger partial charge is 0.214 e. The molecule has 0 unspecified atom stereocenters. The van der Waals surface area contributed by atoms with Gasteiger partial charge in [-0.2, -0.15) is 0 Å². The maximum atomic E-state index is 13.6. The summed E-state index contributed by atoms with van der Waals surface area (Å²) in [4.78, 5) is 0. The van der Waals surface area contributed by atoms with Crippen molar-refractivity contribution in [1.29, 1.82) is 0 Å². The van der Waals surface area contributed by atoms with Crippen molar-refractivity contribution in [1.82, 2.24) is 4.72 Å². The molecule has 0 saturated heterocycles. The van der Waals surface area contributed by atoms with Crippen LogP contribution < -0.4 is 10.5 Å². The van der Waals surface area contributed by atoms with Crippen molar-refractivity contribution in [2.75, 3.05) is 25.5 Å². The monoisotopic (exact) mass is 314 g/mol. The van der Waals surface area contributed by atoms with Gasteiger partial charge in [-0.1, -0.05) is 11.8 Å². The van der Waals surface area contributed by atoms with Gasteiger partial charge in [0.25, 0.3) is 0 Å². The van der Waals surface area contributed by atoms with Crippen LogP contribution >= 0.6 is 0 Å². The summed E-state index contributed by atoms with van der Waals surface area (Å²) in [5, 5.41) is 0. The minimum Gasteiger partial charge on any atom is -0.381 e. The fourth-order valence-corrected chi connectivity index (χ4v) is 2.37. The van der Waals surface area contributed by atoms with E-state index in [1.165, 1.54) is 18.2 Å². The molecule has 0 heterocycles. The van der Waals surface area contributed by atoms with Crippen molar-refractivity contribution in [2.24, 2.45) is 5.73 Å². The molecule has 0 fully saturated rings. The van der Waals surface area contributed by atoms with Crippen LogP contribution in [0.25, 0.3) is 0 Å². The van der Waals surface area contributed by atoms with E-state index < -0.39 is 15.8 Å². The van der Waals surface area contributed by atoms with Crippen LogP contribution in [0.4, 0.5) is 4.39 Å². The van der Waals surface area contributed by atoms with E-state index in [0.29, 0.717) is 12.2 Å². The summed E-state index contributed by atoms with van der Waals surface area (Å²) in [6.45, 7) is 2.42. The minimum atomic E-state index is -3.50. The van der Waals surface area contributed by atoms with Gasteiger partial charge < -0.3 is 10.5 Å². The van der Waals surface area contributed by atoms with E-state index in [4.69, 9.17) is 10.5 Å². The highest BCUT2D eigenvalue weighted by molar-refractivity contribution is 7.89. The first-order valence-corrected chi connectivity index (χ1v) is 8.16. The third-order valence-electron chi connectivity index (χ3n) is 2.56. The van der Waals surface area contributed by atoms with Crippen molar-refractivity contribution >= 4 is 10.0 Å². The van der Waals surface area contributed by atoms with Crippen LogP contribution in [-0.4, -0.2) is 33.9 Å². The summed E-state index contributed by atoms with van der Waals surface area (Å²) in [7, 11) is -3.50. The van der Waals surface area contributed by atoms with E-state index in [1.807, 2.05) is 0 Å². The summed E-state index contributed by atoms with van der Waals surface area (Å²) in [5.41, 5.74) is 6.09. The molecule has 1 aromatic rings. The number of hydrogen-bond acceptors (Lipinski definition) is 4. The number of sulfonamides is 1. The zero-order valence-electron chi connectivity index (χ0n) is 11.9. The molecule has 0 aliphatic heterocycles. The van der Waals surface area contributed by atoms with E-state index in [9.17, 15) is 12.8 Å². The topological polar surface area (TPSA) is 81.4 Å². The van der Waals surface area contributed by atoms with Crippen LogP contribution in [0.3, 0.4) is 0 Å². The molecule has 0 spiro atoms. The Kier molecular flexibility index (Phi) is 7.32. The number of nitrogens with two attached hydrogens (primary N) is 1.